The lowest BCUT2D eigenvalue weighted by Crippen LogP contribution is -2.32. The normalized spacial score (nSPS) is 11.9. The van der Waals surface area contributed by atoms with Gasteiger partial charge in [-0.15, -0.1) is 0 Å². The van der Waals surface area contributed by atoms with Gasteiger partial charge in [-0.3, -0.25) is 14.4 Å². The molecule has 0 saturated carbocycles. The maximum absolute atomic E-state index is 12.3. The van der Waals surface area contributed by atoms with Gasteiger partial charge in [-0.05, 0) is 26.0 Å². The van der Waals surface area contributed by atoms with Crippen LogP contribution >= 0.6 is 0 Å². The Morgan fingerprint density at radius 1 is 1.19 bits per heavy atom. The Balaban J connectivity index is 3.15. The third-order valence-corrected chi connectivity index (χ3v) is 2.56. The maximum Gasteiger partial charge on any atom is 0.387 e. The van der Waals surface area contributed by atoms with Gasteiger partial charge in [-0.2, -0.15) is 8.78 Å². The molecular weight excluding hydrogens is 286 g/mol. The predicted octanol–water partition coefficient (Wildman–Crippen LogP) is 2.24. The Labute approximate surface area is 119 Å². The van der Waals surface area contributed by atoms with Crippen molar-refractivity contribution in [1.82, 2.24) is 0 Å². The van der Waals surface area contributed by atoms with E-state index in [1.165, 1.54) is 25.1 Å². The molecule has 0 fully saturated rings. The second kappa shape index (κ2) is 7.47. The van der Waals surface area contributed by atoms with Crippen molar-refractivity contribution in [2.45, 2.75) is 20.5 Å². The van der Waals surface area contributed by atoms with Crippen LogP contribution in [0, 0.1) is 5.92 Å². The lowest BCUT2D eigenvalue weighted by atomic mass is 9.94. The number of hydrogen-bond donors (Lipinski definition) is 0. The molecule has 0 amide bonds. The summed E-state index contributed by atoms with van der Waals surface area (Å²) in [7, 11) is 0. The summed E-state index contributed by atoms with van der Waals surface area (Å²) in [5, 5.41) is 0. The van der Waals surface area contributed by atoms with Crippen LogP contribution in [-0.4, -0.2) is 30.8 Å². The molecular formula is C14H14F2O5. The fraction of sp³-hybridized carbons (Fsp3) is 0.357. The van der Waals surface area contributed by atoms with Crippen molar-refractivity contribution in [1.29, 1.82) is 0 Å². The number of hydrogen-bond acceptors (Lipinski definition) is 5. The van der Waals surface area contributed by atoms with Gasteiger partial charge in [0.2, 0.25) is 0 Å². The van der Waals surface area contributed by atoms with Gasteiger partial charge < -0.3 is 9.47 Å². The van der Waals surface area contributed by atoms with E-state index in [9.17, 15) is 23.2 Å². The number of carbonyl (C=O) groups is 3. The molecule has 5 nitrogen and oxygen atoms in total. The summed E-state index contributed by atoms with van der Waals surface area (Å²) >= 11 is 0. The molecule has 1 aromatic rings. The van der Waals surface area contributed by atoms with Crippen LogP contribution in [0.4, 0.5) is 8.78 Å². The van der Waals surface area contributed by atoms with Gasteiger partial charge in [-0.1, -0.05) is 12.1 Å². The summed E-state index contributed by atoms with van der Waals surface area (Å²) in [6, 6.07) is 5.16. The van der Waals surface area contributed by atoms with E-state index in [-0.39, 0.29) is 12.2 Å². The van der Waals surface area contributed by atoms with Gasteiger partial charge in [0, 0.05) is 0 Å². The zero-order valence-electron chi connectivity index (χ0n) is 11.5. The van der Waals surface area contributed by atoms with Crippen LogP contribution in [0.3, 0.4) is 0 Å². The summed E-state index contributed by atoms with van der Waals surface area (Å²) < 4.78 is 33.5. The van der Waals surface area contributed by atoms with E-state index in [0.29, 0.717) is 0 Å². The second-order valence-corrected chi connectivity index (χ2v) is 4.03. The van der Waals surface area contributed by atoms with Crippen LogP contribution in [0.15, 0.2) is 24.3 Å². The van der Waals surface area contributed by atoms with E-state index in [1.54, 1.807) is 0 Å². The Hall–Kier alpha value is -2.31. The van der Waals surface area contributed by atoms with Crippen LogP contribution in [0.5, 0.6) is 5.75 Å². The van der Waals surface area contributed by atoms with E-state index in [4.69, 9.17) is 0 Å². The van der Waals surface area contributed by atoms with Crippen molar-refractivity contribution < 1.29 is 32.6 Å². The number of para-hydroxylation sites is 1. The predicted molar refractivity (Wildman–Crippen MR) is 68.2 cm³/mol. The van der Waals surface area contributed by atoms with Crippen molar-refractivity contribution in [3.63, 3.8) is 0 Å². The van der Waals surface area contributed by atoms with Crippen LogP contribution in [-0.2, 0) is 14.3 Å². The summed E-state index contributed by atoms with van der Waals surface area (Å²) in [5.74, 6) is -4.76. The average Bonchev–Trinajstić information content (AvgIpc) is 2.38. The van der Waals surface area contributed by atoms with Crippen LogP contribution < -0.4 is 4.74 Å². The summed E-state index contributed by atoms with van der Waals surface area (Å²) in [5.41, 5.74) is -0.272. The Kier molecular flexibility index (Phi) is 5.95. The fourth-order valence-electron chi connectivity index (χ4n) is 1.71. The number of ether oxygens (including phenoxy) is 2. The number of ketones is 2. The molecule has 0 radical (unpaired) electrons. The molecule has 0 spiro atoms. The molecule has 21 heavy (non-hydrogen) atoms. The molecule has 114 valence electrons. The Morgan fingerprint density at radius 2 is 1.81 bits per heavy atom. The van der Waals surface area contributed by atoms with Gasteiger partial charge in [0.1, 0.15) is 5.75 Å². The van der Waals surface area contributed by atoms with Crippen LogP contribution in [0.1, 0.15) is 24.2 Å². The molecule has 7 heteroatoms. The van der Waals surface area contributed by atoms with E-state index in [1.807, 2.05) is 0 Å². The maximum atomic E-state index is 12.3. The Morgan fingerprint density at radius 3 is 2.33 bits per heavy atom. The molecule has 0 aromatic heterocycles. The van der Waals surface area contributed by atoms with E-state index >= 15 is 0 Å². The number of alkyl halides is 2. The molecule has 1 aromatic carbocycles. The molecule has 1 rings (SSSR count). The van der Waals surface area contributed by atoms with Crippen molar-refractivity contribution in [2.75, 3.05) is 6.61 Å². The van der Waals surface area contributed by atoms with E-state index in [0.717, 1.165) is 13.0 Å². The van der Waals surface area contributed by atoms with Crippen LogP contribution in [0.2, 0.25) is 0 Å². The number of benzene rings is 1. The molecule has 1 atom stereocenters. The van der Waals surface area contributed by atoms with Crippen molar-refractivity contribution in [3.05, 3.63) is 29.8 Å². The lowest BCUT2D eigenvalue weighted by Gasteiger charge is -2.14. The molecule has 0 bridgehead atoms. The van der Waals surface area contributed by atoms with Crippen molar-refractivity contribution >= 4 is 17.5 Å². The number of Topliss-reactive ketones (excluding diaryl/α,β-unsaturated/α-hetero) is 2. The van der Waals surface area contributed by atoms with Crippen molar-refractivity contribution in [2.24, 2.45) is 5.92 Å². The lowest BCUT2D eigenvalue weighted by molar-refractivity contribution is -0.148. The highest BCUT2D eigenvalue weighted by atomic mass is 19.3. The first-order valence-corrected chi connectivity index (χ1v) is 6.13. The molecule has 0 N–H and O–H groups in total. The average molecular weight is 300 g/mol. The molecule has 1 unspecified atom stereocenters. The molecule has 0 heterocycles. The van der Waals surface area contributed by atoms with Gasteiger partial charge in [0.25, 0.3) is 0 Å². The smallest absolute Gasteiger partial charge is 0.387 e. The summed E-state index contributed by atoms with van der Waals surface area (Å²) in [4.78, 5) is 35.4. The summed E-state index contributed by atoms with van der Waals surface area (Å²) in [6.45, 7) is -0.563. The minimum atomic E-state index is -3.13. The third kappa shape index (κ3) is 4.34. The topological polar surface area (TPSA) is 69.7 Å². The van der Waals surface area contributed by atoms with Crippen molar-refractivity contribution in [3.8, 4) is 5.75 Å². The number of esters is 1. The first-order chi connectivity index (χ1) is 9.88. The number of carbonyl (C=O) groups excluding carboxylic acids is 3. The molecule has 0 aliphatic carbocycles. The largest absolute Gasteiger partial charge is 0.465 e. The third-order valence-electron chi connectivity index (χ3n) is 2.56. The quantitative estimate of drug-likeness (QED) is 0.439. The minimum absolute atomic E-state index is 0.00885. The van der Waals surface area contributed by atoms with Gasteiger partial charge >= 0.3 is 12.6 Å². The second-order valence-electron chi connectivity index (χ2n) is 4.03. The SMILES string of the molecule is CCOC(=O)C(C(C)=O)C(=O)c1ccccc1OC(F)F. The first-order valence-electron chi connectivity index (χ1n) is 6.13. The van der Waals surface area contributed by atoms with Gasteiger partial charge in [0.15, 0.2) is 17.5 Å². The highest BCUT2D eigenvalue weighted by Gasteiger charge is 2.35. The number of halogens is 2. The molecule has 0 aliphatic heterocycles. The summed E-state index contributed by atoms with van der Waals surface area (Å²) in [6.07, 6.45) is 0. The number of rotatable bonds is 7. The first kappa shape index (κ1) is 16.7. The molecule has 0 aliphatic rings. The monoisotopic (exact) mass is 300 g/mol. The standard InChI is InChI=1S/C14H14F2O5/c1-3-20-13(19)11(8(2)17)12(18)9-6-4-5-7-10(9)21-14(15)16/h4-7,11,14H,3H2,1-2H3. The zero-order valence-corrected chi connectivity index (χ0v) is 11.5. The zero-order chi connectivity index (χ0) is 16.0. The van der Waals surface area contributed by atoms with E-state index < -0.39 is 35.8 Å². The minimum Gasteiger partial charge on any atom is -0.465 e. The van der Waals surface area contributed by atoms with Gasteiger partial charge in [0.05, 0.1) is 12.2 Å². The van der Waals surface area contributed by atoms with E-state index in [2.05, 4.69) is 9.47 Å². The Bertz CT molecular complexity index is 542. The van der Waals surface area contributed by atoms with Gasteiger partial charge in [-0.25, -0.2) is 0 Å². The van der Waals surface area contributed by atoms with Crippen LogP contribution in [0.25, 0.3) is 0 Å². The fourth-order valence-corrected chi connectivity index (χ4v) is 1.71. The highest BCUT2D eigenvalue weighted by Crippen LogP contribution is 2.24. The highest BCUT2D eigenvalue weighted by molar-refractivity contribution is 6.22. The molecule has 0 saturated heterocycles.